The van der Waals surface area contributed by atoms with Crippen molar-refractivity contribution in [2.24, 2.45) is 0 Å². The normalized spacial score (nSPS) is 13.8. The van der Waals surface area contributed by atoms with Gasteiger partial charge >= 0.3 is 0 Å². The Morgan fingerprint density at radius 1 is 1.33 bits per heavy atom. The van der Waals surface area contributed by atoms with Crippen molar-refractivity contribution in [2.45, 2.75) is 13.5 Å². The molecule has 1 aromatic carbocycles. The van der Waals surface area contributed by atoms with Crippen molar-refractivity contribution in [1.29, 1.82) is 0 Å². The number of hydrogen-bond acceptors (Lipinski definition) is 4. The fraction of sp³-hybridized carbons (Fsp3) is 0.250. The van der Waals surface area contributed by atoms with Crippen LogP contribution in [0, 0.1) is 6.92 Å². The third-order valence-electron chi connectivity index (χ3n) is 3.29. The first-order chi connectivity index (χ1) is 10.2. The Morgan fingerprint density at radius 3 is 3.10 bits per heavy atom. The number of benzene rings is 1. The van der Waals surface area contributed by atoms with Crippen molar-refractivity contribution in [3.63, 3.8) is 0 Å². The van der Waals surface area contributed by atoms with Crippen molar-refractivity contribution in [3.05, 3.63) is 53.3 Å². The van der Waals surface area contributed by atoms with Crippen LogP contribution < -0.4 is 15.4 Å². The van der Waals surface area contributed by atoms with E-state index in [2.05, 4.69) is 15.6 Å². The molecule has 0 saturated carbocycles. The van der Waals surface area contributed by atoms with Crippen LogP contribution in [0.2, 0.25) is 0 Å². The first kappa shape index (κ1) is 13.6. The molecule has 2 heterocycles. The van der Waals surface area contributed by atoms with Crippen LogP contribution in [-0.2, 0) is 6.54 Å². The summed E-state index contributed by atoms with van der Waals surface area (Å²) < 4.78 is 5.62. The van der Waals surface area contributed by atoms with Gasteiger partial charge in [-0.1, -0.05) is 6.07 Å². The van der Waals surface area contributed by atoms with Gasteiger partial charge in [-0.3, -0.25) is 4.79 Å². The number of anilines is 1. The number of aryl methyl sites for hydroxylation is 1. The average Bonchev–Trinajstić information content (AvgIpc) is 2.72. The molecule has 21 heavy (non-hydrogen) atoms. The highest BCUT2D eigenvalue weighted by molar-refractivity contribution is 6.02. The Kier molecular flexibility index (Phi) is 3.83. The van der Waals surface area contributed by atoms with Gasteiger partial charge in [0, 0.05) is 30.0 Å². The summed E-state index contributed by atoms with van der Waals surface area (Å²) in [6.45, 7) is 4.08. The molecule has 5 heteroatoms. The largest absolute Gasteiger partial charge is 0.492 e. The van der Waals surface area contributed by atoms with Gasteiger partial charge in [-0.2, -0.15) is 0 Å². The summed E-state index contributed by atoms with van der Waals surface area (Å²) >= 11 is 0. The summed E-state index contributed by atoms with van der Waals surface area (Å²) in [7, 11) is 0. The van der Waals surface area contributed by atoms with E-state index >= 15 is 0 Å². The van der Waals surface area contributed by atoms with Crippen molar-refractivity contribution in [1.82, 2.24) is 10.3 Å². The van der Waals surface area contributed by atoms with Gasteiger partial charge in [0.1, 0.15) is 18.1 Å². The minimum absolute atomic E-state index is 0.207. The molecule has 1 aliphatic heterocycles. The molecule has 5 nitrogen and oxygen atoms in total. The number of hydrogen-bond donors (Lipinski definition) is 2. The number of amides is 1. The summed E-state index contributed by atoms with van der Waals surface area (Å²) in [6.07, 6.45) is 0. The zero-order chi connectivity index (χ0) is 14.7. The molecule has 3 rings (SSSR count). The standard InChI is InChI=1S/C16H17N3O2/c1-11-3-2-4-14(18-11)16(20)19-13-5-6-15-12(9-13)10-17-7-8-21-15/h2-6,9,17H,7-8,10H2,1H3,(H,19,20). The summed E-state index contributed by atoms with van der Waals surface area (Å²) in [5.74, 6) is 0.660. The molecule has 1 aliphatic rings. The predicted octanol–water partition coefficient (Wildman–Crippen LogP) is 2.12. The van der Waals surface area contributed by atoms with Crippen LogP contribution in [0.5, 0.6) is 5.75 Å². The van der Waals surface area contributed by atoms with Gasteiger partial charge in [0.15, 0.2) is 0 Å². The number of pyridine rings is 1. The lowest BCUT2D eigenvalue weighted by molar-refractivity contribution is 0.102. The van der Waals surface area contributed by atoms with Gasteiger partial charge in [0.05, 0.1) is 0 Å². The molecular weight excluding hydrogens is 266 g/mol. The van der Waals surface area contributed by atoms with Crippen LogP contribution in [-0.4, -0.2) is 24.0 Å². The van der Waals surface area contributed by atoms with E-state index in [-0.39, 0.29) is 5.91 Å². The smallest absolute Gasteiger partial charge is 0.274 e. The first-order valence-corrected chi connectivity index (χ1v) is 6.94. The topological polar surface area (TPSA) is 63.2 Å². The summed E-state index contributed by atoms with van der Waals surface area (Å²) in [5.41, 5.74) is 3.03. The maximum atomic E-state index is 12.2. The molecule has 2 N–H and O–H groups in total. The number of nitrogens with one attached hydrogen (secondary N) is 2. The Balaban J connectivity index is 1.79. The Morgan fingerprint density at radius 2 is 2.24 bits per heavy atom. The van der Waals surface area contributed by atoms with Crippen LogP contribution >= 0.6 is 0 Å². The molecule has 2 aromatic rings. The Labute approximate surface area is 123 Å². The van der Waals surface area contributed by atoms with Crippen LogP contribution in [0.25, 0.3) is 0 Å². The quantitative estimate of drug-likeness (QED) is 0.886. The zero-order valence-electron chi connectivity index (χ0n) is 11.8. The second kappa shape index (κ2) is 5.93. The first-order valence-electron chi connectivity index (χ1n) is 6.94. The summed E-state index contributed by atoms with van der Waals surface area (Å²) in [4.78, 5) is 16.4. The van der Waals surface area contributed by atoms with Crippen LogP contribution in [0.3, 0.4) is 0 Å². The lowest BCUT2D eigenvalue weighted by atomic mass is 10.1. The number of carbonyl (C=O) groups is 1. The summed E-state index contributed by atoms with van der Waals surface area (Å²) in [6, 6.07) is 11.1. The van der Waals surface area contributed by atoms with E-state index in [1.165, 1.54) is 0 Å². The lowest BCUT2D eigenvalue weighted by Gasteiger charge is -2.10. The Hall–Kier alpha value is -2.40. The maximum Gasteiger partial charge on any atom is 0.274 e. The summed E-state index contributed by atoms with van der Waals surface area (Å²) in [5, 5.41) is 6.14. The van der Waals surface area contributed by atoms with Crippen molar-refractivity contribution in [3.8, 4) is 5.75 Å². The van der Waals surface area contributed by atoms with Gasteiger partial charge in [-0.25, -0.2) is 4.98 Å². The van der Waals surface area contributed by atoms with E-state index in [0.29, 0.717) is 12.3 Å². The molecule has 0 fully saturated rings. The van der Waals surface area contributed by atoms with Crippen LogP contribution in [0.1, 0.15) is 21.7 Å². The molecule has 1 amide bonds. The fourth-order valence-corrected chi connectivity index (χ4v) is 2.26. The molecule has 0 atom stereocenters. The average molecular weight is 283 g/mol. The number of aromatic nitrogens is 1. The second-order valence-electron chi connectivity index (χ2n) is 4.97. The molecule has 0 radical (unpaired) electrons. The molecule has 0 saturated heterocycles. The zero-order valence-corrected chi connectivity index (χ0v) is 11.8. The van der Waals surface area contributed by atoms with E-state index in [0.717, 1.165) is 35.8 Å². The number of ether oxygens (including phenoxy) is 1. The van der Waals surface area contributed by atoms with E-state index in [1.54, 1.807) is 6.07 Å². The van der Waals surface area contributed by atoms with E-state index in [1.807, 2.05) is 37.3 Å². The number of fused-ring (bicyclic) bond motifs is 1. The highest BCUT2D eigenvalue weighted by atomic mass is 16.5. The lowest BCUT2D eigenvalue weighted by Crippen LogP contribution is -2.16. The molecular formula is C16H17N3O2. The van der Waals surface area contributed by atoms with Gasteiger partial charge < -0.3 is 15.4 Å². The Bertz CT molecular complexity index is 670. The maximum absolute atomic E-state index is 12.2. The van der Waals surface area contributed by atoms with Crippen LogP contribution in [0.4, 0.5) is 5.69 Å². The number of nitrogens with zero attached hydrogens (tertiary/aromatic N) is 1. The van der Waals surface area contributed by atoms with Crippen molar-refractivity contribution >= 4 is 11.6 Å². The minimum Gasteiger partial charge on any atom is -0.492 e. The SMILES string of the molecule is Cc1cccc(C(=O)Nc2ccc3c(c2)CNCCO3)n1. The van der Waals surface area contributed by atoms with Gasteiger partial charge in [-0.05, 0) is 37.3 Å². The van der Waals surface area contributed by atoms with E-state index < -0.39 is 0 Å². The van der Waals surface area contributed by atoms with Gasteiger partial charge in [0.25, 0.3) is 5.91 Å². The van der Waals surface area contributed by atoms with E-state index in [9.17, 15) is 4.79 Å². The number of carbonyl (C=O) groups excluding carboxylic acids is 1. The van der Waals surface area contributed by atoms with E-state index in [4.69, 9.17) is 4.74 Å². The molecule has 0 unspecified atom stereocenters. The molecule has 108 valence electrons. The van der Waals surface area contributed by atoms with Crippen LogP contribution in [0.15, 0.2) is 36.4 Å². The third kappa shape index (κ3) is 3.20. The molecule has 0 aliphatic carbocycles. The highest BCUT2D eigenvalue weighted by Gasteiger charge is 2.12. The highest BCUT2D eigenvalue weighted by Crippen LogP contribution is 2.24. The number of rotatable bonds is 2. The second-order valence-corrected chi connectivity index (χ2v) is 4.97. The molecule has 0 spiro atoms. The third-order valence-corrected chi connectivity index (χ3v) is 3.29. The minimum atomic E-state index is -0.207. The monoisotopic (exact) mass is 283 g/mol. The van der Waals surface area contributed by atoms with Gasteiger partial charge in [0.2, 0.25) is 0 Å². The molecule has 1 aromatic heterocycles. The fourth-order valence-electron chi connectivity index (χ4n) is 2.26. The van der Waals surface area contributed by atoms with Gasteiger partial charge in [-0.15, -0.1) is 0 Å². The molecule has 0 bridgehead atoms. The van der Waals surface area contributed by atoms with Crippen molar-refractivity contribution < 1.29 is 9.53 Å². The van der Waals surface area contributed by atoms with Crippen molar-refractivity contribution in [2.75, 3.05) is 18.5 Å². The predicted molar refractivity (Wildman–Crippen MR) is 80.6 cm³/mol.